The van der Waals surface area contributed by atoms with Crippen LogP contribution in [-0.2, 0) is 13.0 Å². The Morgan fingerprint density at radius 3 is 2.60 bits per heavy atom. The van der Waals surface area contributed by atoms with Gasteiger partial charge in [-0.2, -0.15) is 0 Å². The summed E-state index contributed by atoms with van der Waals surface area (Å²) in [6.45, 7) is 5.16. The first-order valence-electron chi connectivity index (χ1n) is 8.31. The second-order valence-electron chi connectivity index (χ2n) is 6.27. The van der Waals surface area contributed by atoms with Crippen LogP contribution in [0.15, 0.2) is 36.4 Å². The Morgan fingerprint density at radius 1 is 1.20 bits per heavy atom. The van der Waals surface area contributed by atoms with E-state index in [1.165, 1.54) is 23.8 Å². The molecule has 2 N–H and O–H groups in total. The number of methoxy groups -OCH3 is 1. The van der Waals surface area contributed by atoms with Crippen LogP contribution in [0, 0.1) is 13.8 Å². The fourth-order valence-electron chi connectivity index (χ4n) is 2.74. The second kappa shape index (κ2) is 8.42. The van der Waals surface area contributed by atoms with Crippen LogP contribution in [0.25, 0.3) is 0 Å². The van der Waals surface area contributed by atoms with E-state index < -0.39 is 0 Å². The van der Waals surface area contributed by atoms with Gasteiger partial charge in [0.25, 0.3) is 0 Å². The Balaban J connectivity index is 1.84. The molecular formula is C20H26N2O3. The average molecular weight is 342 g/mol. The Bertz CT molecular complexity index is 744. The molecule has 0 atom stereocenters. The van der Waals surface area contributed by atoms with Crippen molar-refractivity contribution in [2.75, 3.05) is 20.7 Å². The zero-order valence-electron chi connectivity index (χ0n) is 15.3. The van der Waals surface area contributed by atoms with E-state index >= 15 is 0 Å². The molecule has 0 radical (unpaired) electrons. The van der Waals surface area contributed by atoms with Crippen LogP contribution in [0.1, 0.15) is 22.3 Å². The van der Waals surface area contributed by atoms with Gasteiger partial charge in [-0.05, 0) is 49.1 Å². The van der Waals surface area contributed by atoms with Gasteiger partial charge in [-0.15, -0.1) is 0 Å². The van der Waals surface area contributed by atoms with Crippen molar-refractivity contribution in [1.82, 2.24) is 10.2 Å². The number of rotatable bonds is 6. The number of aryl methyl sites for hydroxylation is 2. The molecule has 25 heavy (non-hydrogen) atoms. The molecule has 2 rings (SSSR count). The fourth-order valence-corrected chi connectivity index (χ4v) is 2.74. The van der Waals surface area contributed by atoms with Gasteiger partial charge >= 0.3 is 6.03 Å². The molecule has 0 saturated heterocycles. The zero-order valence-corrected chi connectivity index (χ0v) is 15.3. The molecule has 0 fully saturated rings. The predicted molar refractivity (Wildman–Crippen MR) is 99.1 cm³/mol. The Hall–Kier alpha value is -2.69. The normalized spacial score (nSPS) is 10.4. The molecule has 5 heteroatoms. The Kier molecular flexibility index (Phi) is 6.28. The quantitative estimate of drug-likeness (QED) is 0.846. The minimum Gasteiger partial charge on any atom is -0.504 e. The van der Waals surface area contributed by atoms with Gasteiger partial charge in [0, 0.05) is 20.1 Å². The molecule has 0 aliphatic heterocycles. The smallest absolute Gasteiger partial charge is 0.317 e. The first-order valence-corrected chi connectivity index (χ1v) is 8.31. The number of hydrogen-bond donors (Lipinski definition) is 2. The average Bonchev–Trinajstić information content (AvgIpc) is 2.56. The molecule has 5 nitrogen and oxygen atoms in total. The van der Waals surface area contributed by atoms with Crippen LogP contribution in [0.3, 0.4) is 0 Å². The Morgan fingerprint density at radius 2 is 1.96 bits per heavy atom. The number of nitrogens with zero attached hydrogens (tertiary/aromatic N) is 1. The molecule has 2 amide bonds. The zero-order chi connectivity index (χ0) is 18.4. The predicted octanol–water partition coefficient (Wildman–Crippen LogP) is 3.40. The number of amides is 2. The van der Waals surface area contributed by atoms with Gasteiger partial charge in [-0.1, -0.05) is 29.8 Å². The summed E-state index contributed by atoms with van der Waals surface area (Å²) in [7, 11) is 3.23. The first-order chi connectivity index (χ1) is 11.9. The summed E-state index contributed by atoms with van der Waals surface area (Å²) in [5, 5.41) is 12.7. The number of carbonyl (C=O) groups is 1. The molecule has 0 heterocycles. The molecule has 0 unspecified atom stereocenters. The van der Waals surface area contributed by atoms with Crippen molar-refractivity contribution < 1.29 is 14.6 Å². The van der Waals surface area contributed by atoms with E-state index in [-0.39, 0.29) is 11.8 Å². The maximum Gasteiger partial charge on any atom is 0.317 e. The van der Waals surface area contributed by atoms with Crippen molar-refractivity contribution in [3.8, 4) is 11.5 Å². The SMILES string of the molecule is COc1ccc(CN(C)C(=O)NCCc2ccc(C)cc2C)cc1O. The standard InChI is InChI=1S/C20H26N2O3/c1-14-5-7-17(15(2)11-14)9-10-21-20(24)22(3)13-16-6-8-19(25-4)18(23)12-16/h5-8,11-12,23H,9-10,13H2,1-4H3,(H,21,24). The van der Waals surface area contributed by atoms with Crippen molar-refractivity contribution in [1.29, 1.82) is 0 Å². The molecule has 0 aliphatic rings. The summed E-state index contributed by atoms with van der Waals surface area (Å²) in [6.07, 6.45) is 0.801. The van der Waals surface area contributed by atoms with Gasteiger partial charge in [0.2, 0.25) is 0 Å². The lowest BCUT2D eigenvalue weighted by Gasteiger charge is -2.19. The van der Waals surface area contributed by atoms with Crippen molar-refractivity contribution in [3.63, 3.8) is 0 Å². The number of urea groups is 1. The molecule has 134 valence electrons. The van der Waals surface area contributed by atoms with E-state index in [1.54, 1.807) is 24.1 Å². The minimum atomic E-state index is -0.139. The highest BCUT2D eigenvalue weighted by molar-refractivity contribution is 5.73. The molecule has 2 aromatic carbocycles. The highest BCUT2D eigenvalue weighted by Crippen LogP contribution is 2.26. The third-order valence-corrected chi connectivity index (χ3v) is 4.18. The van der Waals surface area contributed by atoms with Gasteiger partial charge in [0.1, 0.15) is 0 Å². The molecule has 0 aliphatic carbocycles. The Labute approximate surface area is 149 Å². The maximum atomic E-state index is 12.2. The minimum absolute atomic E-state index is 0.0728. The van der Waals surface area contributed by atoms with Crippen LogP contribution in [-0.4, -0.2) is 36.7 Å². The number of benzene rings is 2. The van der Waals surface area contributed by atoms with Gasteiger partial charge in [0.15, 0.2) is 11.5 Å². The van der Waals surface area contributed by atoms with Gasteiger partial charge in [-0.25, -0.2) is 4.79 Å². The fraction of sp³-hybridized carbons (Fsp3) is 0.350. The molecule has 2 aromatic rings. The lowest BCUT2D eigenvalue weighted by Crippen LogP contribution is -2.37. The number of nitrogens with one attached hydrogen (secondary N) is 1. The van der Waals surface area contributed by atoms with Gasteiger partial charge < -0.3 is 20.1 Å². The monoisotopic (exact) mass is 342 g/mol. The summed E-state index contributed by atoms with van der Waals surface area (Å²) in [5.74, 6) is 0.493. The molecule has 0 saturated carbocycles. The summed E-state index contributed by atoms with van der Waals surface area (Å²) >= 11 is 0. The van der Waals surface area contributed by atoms with E-state index in [4.69, 9.17) is 4.74 Å². The van der Waals surface area contributed by atoms with E-state index in [1.807, 2.05) is 6.07 Å². The molecule has 0 spiro atoms. The number of ether oxygens (including phenoxy) is 1. The summed E-state index contributed by atoms with van der Waals surface area (Å²) in [6, 6.07) is 11.3. The molecular weight excluding hydrogens is 316 g/mol. The van der Waals surface area contributed by atoms with Crippen molar-refractivity contribution in [3.05, 3.63) is 58.7 Å². The van der Waals surface area contributed by atoms with Crippen LogP contribution >= 0.6 is 0 Å². The number of phenolic OH excluding ortho intramolecular Hbond substituents is 1. The number of hydrogen-bond acceptors (Lipinski definition) is 3. The topological polar surface area (TPSA) is 61.8 Å². The van der Waals surface area contributed by atoms with Crippen molar-refractivity contribution in [2.24, 2.45) is 0 Å². The second-order valence-corrected chi connectivity index (χ2v) is 6.27. The van der Waals surface area contributed by atoms with E-state index in [2.05, 4.69) is 37.4 Å². The summed E-state index contributed by atoms with van der Waals surface area (Å²) < 4.78 is 5.02. The van der Waals surface area contributed by atoms with Crippen LogP contribution in [0.5, 0.6) is 11.5 Å². The van der Waals surface area contributed by atoms with Crippen molar-refractivity contribution in [2.45, 2.75) is 26.8 Å². The number of carbonyl (C=O) groups excluding carboxylic acids is 1. The van der Waals surface area contributed by atoms with Crippen LogP contribution in [0.4, 0.5) is 4.79 Å². The van der Waals surface area contributed by atoms with E-state index in [9.17, 15) is 9.90 Å². The summed E-state index contributed by atoms with van der Waals surface area (Å²) in [5.41, 5.74) is 4.57. The van der Waals surface area contributed by atoms with Crippen molar-refractivity contribution >= 4 is 6.03 Å². The maximum absolute atomic E-state index is 12.2. The lowest BCUT2D eigenvalue weighted by molar-refractivity contribution is 0.207. The lowest BCUT2D eigenvalue weighted by atomic mass is 10.0. The highest BCUT2D eigenvalue weighted by atomic mass is 16.5. The van der Waals surface area contributed by atoms with E-state index in [0.717, 1.165) is 12.0 Å². The third-order valence-electron chi connectivity index (χ3n) is 4.18. The van der Waals surface area contributed by atoms with Crippen LogP contribution in [0.2, 0.25) is 0 Å². The van der Waals surface area contributed by atoms with E-state index in [0.29, 0.717) is 18.8 Å². The number of aromatic hydroxyl groups is 1. The molecule has 0 aromatic heterocycles. The van der Waals surface area contributed by atoms with Crippen LogP contribution < -0.4 is 10.1 Å². The highest BCUT2D eigenvalue weighted by Gasteiger charge is 2.10. The number of phenols is 1. The summed E-state index contributed by atoms with van der Waals surface area (Å²) in [4.78, 5) is 13.8. The van der Waals surface area contributed by atoms with Gasteiger partial charge in [0.05, 0.1) is 7.11 Å². The largest absolute Gasteiger partial charge is 0.504 e. The first kappa shape index (κ1) is 18.6. The third kappa shape index (κ3) is 5.14. The molecule has 0 bridgehead atoms. The van der Waals surface area contributed by atoms with Gasteiger partial charge in [-0.3, -0.25) is 0 Å².